The van der Waals surface area contributed by atoms with Crippen molar-refractivity contribution in [2.24, 2.45) is 27.7 Å². The first-order valence-corrected chi connectivity index (χ1v) is 11.7. The van der Waals surface area contributed by atoms with Gasteiger partial charge in [-0.05, 0) is 75.3 Å². The first-order valence-electron chi connectivity index (χ1n) is 11.4. The summed E-state index contributed by atoms with van der Waals surface area (Å²) in [7, 11) is 0. The summed E-state index contributed by atoms with van der Waals surface area (Å²) in [6.07, 6.45) is 8.69. The number of nitrogens with one attached hydrogen (secondary N) is 2. The zero-order valence-corrected chi connectivity index (χ0v) is 18.8. The highest BCUT2D eigenvalue weighted by molar-refractivity contribution is 6.30. The second kappa shape index (κ2) is 8.68. The van der Waals surface area contributed by atoms with E-state index in [-0.39, 0.29) is 17.9 Å². The molecule has 1 aromatic rings. The van der Waals surface area contributed by atoms with E-state index in [9.17, 15) is 10.1 Å². The molecule has 1 saturated heterocycles. The van der Waals surface area contributed by atoms with Crippen molar-refractivity contribution in [1.29, 1.82) is 5.26 Å². The number of amides is 1. The van der Waals surface area contributed by atoms with Gasteiger partial charge in [-0.3, -0.25) is 15.2 Å². The van der Waals surface area contributed by atoms with Gasteiger partial charge in [-0.15, -0.1) is 0 Å². The Kier molecular flexibility index (Phi) is 5.75. The minimum absolute atomic E-state index is 0.0275. The molecule has 4 aliphatic rings. The average molecular weight is 451 g/mol. The Morgan fingerprint density at radius 1 is 1.28 bits per heavy atom. The fourth-order valence-electron chi connectivity index (χ4n) is 5.09. The topological polar surface area (TPSA) is 92.9 Å². The van der Waals surface area contributed by atoms with Gasteiger partial charge in [0.15, 0.2) is 0 Å². The molecule has 1 aromatic carbocycles. The minimum atomic E-state index is -0.569. The molecule has 8 heteroatoms. The highest BCUT2D eigenvalue weighted by Gasteiger charge is 2.46. The Bertz CT molecular complexity index is 1020. The molecule has 1 unspecified atom stereocenters. The number of allylic oxidation sites excluding steroid dienone is 1. The lowest BCUT2D eigenvalue weighted by Gasteiger charge is -2.40. The average Bonchev–Trinajstić information content (AvgIpc) is 3.58. The summed E-state index contributed by atoms with van der Waals surface area (Å²) in [6, 6.07) is 10.5. The van der Waals surface area contributed by atoms with Crippen LogP contribution in [0.5, 0.6) is 0 Å². The number of hydrazine groups is 1. The van der Waals surface area contributed by atoms with Crippen LogP contribution in [0.2, 0.25) is 5.02 Å². The van der Waals surface area contributed by atoms with Gasteiger partial charge in [-0.1, -0.05) is 11.6 Å². The van der Waals surface area contributed by atoms with Crippen molar-refractivity contribution >= 4 is 35.2 Å². The van der Waals surface area contributed by atoms with Crippen LogP contribution in [0.4, 0.5) is 5.69 Å². The molecule has 2 aliphatic heterocycles. The van der Waals surface area contributed by atoms with Crippen LogP contribution in [0.1, 0.15) is 39.0 Å². The summed E-state index contributed by atoms with van der Waals surface area (Å²) in [6.45, 7) is 2.26. The van der Waals surface area contributed by atoms with Crippen molar-refractivity contribution in [3.63, 3.8) is 0 Å². The molecule has 3 fully saturated rings. The molecule has 2 N–H and O–H groups in total. The molecule has 32 heavy (non-hydrogen) atoms. The van der Waals surface area contributed by atoms with Gasteiger partial charge >= 0.3 is 0 Å². The van der Waals surface area contributed by atoms with Gasteiger partial charge in [0.05, 0.1) is 29.4 Å². The number of nitriles is 1. The van der Waals surface area contributed by atoms with Gasteiger partial charge < -0.3 is 5.32 Å². The van der Waals surface area contributed by atoms with Gasteiger partial charge in [0.25, 0.3) is 5.91 Å². The van der Waals surface area contributed by atoms with Crippen LogP contribution in [0.15, 0.2) is 46.0 Å². The number of dihydropyridines is 1. The van der Waals surface area contributed by atoms with Crippen LogP contribution in [0.3, 0.4) is 0 Å². The molecule has 7 nitrogen and oxygen atoms in total. The van der Waals surface area contributed by atoms with E-state index in [0.29, 0.717) is 28.6 Å². The number of carbonyl (C=O) groups excluding carboxylic acids is 1. The summed E-state index contributed by atoms with van der Waals surface area (Å²) in [4.78, 5) is 21.3. The van der Waals surface area contributed by atoms with Crippen LogP contribution in [-0.4, -0.2) is 41.1 Å². The third kappa shape index (κ3) is 4.17. The maximum absolute atomic E-state index is 12.7. The number of halogens is 1. The summed E-state index contributed by atoms with van der Waals surface area (Å²) in [5.74, 6) is 0.372. The molecule has 0 spiro atoms. The van der Waals surface area contributed by atoms with Crippen LogP contribution in [-0.2, 0) is 4.79 Å². The Morgan fingerprint density at radius 3 is 2.78 bits per heavy atom. The number of rotatable bonds is 5. The number of fused-ring (bicyclic) bond motifs is 1. The number of aliphatic imine (C=N–C) groups is 2. The molecule has 2 aliphatic carbocycles. The zero-order valence-electron chi connectivity index (χ0n) is 18.0. The summed E-state index contributed by atoms with van der Waals surface area (Å²) in [5.41, 5.74) is 4.88. The standard InChI is InChI=1S/C24H27ClN6O/c1-14(15-2-3-15)28-19-8-9-20(16(12-19)13-26)31-21-10-11-27-24(32)22(21)23(30-31)29-18-6-4-17(25)5-7-18/h4-7,10-11,14-16,19-20,22,28H,2-3,8-9,12H2,1H3,(H,29,30)/t14-,16-,19-,20+,22?/m0/s1. The number of hydrogen-bond donors (Lipinski definition) is 2. The second-order valence-electron chi connectivity index (χ2n) is 9.20. The first-order chi connectivity index (χ1) is 15.5. The fraction of sp³-hybridized carbons (Fsp3) is 0.500. The summed E-state index contributed by atoms with van der Waals surface area (Å²) >= 11 is 5.99. The molecule has 2 saturated carbocycles. The molecule has 0 bridgehead atoms. The molecule has 0 aromatic heterocycles. The molecule has 5 atom stereocenters. The lowest BCUT2D eigenvalue weighted by molar-refractivity contribution is -0.119. The first kappa shape index (κ1) is 21.2. The van der Waals surface area contributed by atoms with Crippen LogP contribution in [0, 0.1) is 29.1 Å². The van der Waals surface area contributed by atoms with Gasteiger partial charge in [-0.2, -0.15) is 5.26 Å². The van der Waals surface area contributed by atoms with E-state index in [1.165, 1.54) is 12.8 Å². The van der Waals surface area contributed by atoms with Crippen LogP contribution in [0.25, 0.3) is 0 Å². The second-order valence-corrected chi connectivity index (χ2v) is 9.64. The number of carbonyl (C=O) groups is 1. The van der Waals surface area contributed by atoms with Gasteiger partial charge in [0.2, 0.25) is 0 Å². The van der Waals surface area contributed by atoms with E-state index in [1.807, 2.05) is 23.2 Å². The summed E-state index contributed by atoms with van der Waals surface area (Å²) in [5, 5.41) is 16.4. The Labute approximate surface area is 193 Å². The van der Waals surface area contributed by atoms with Crippen molar-refractivity contribution in [3.05, 3.63) is 41.1 Å². The molecule has 5 rings (SSSR count). The molecule has 0 radical (unpaired) electrons. The lowest BCUT2D eigenvalue weighted by atomic mass is 9.81. The Balaban J connectivity index is 1.37. The molecule has 2 heterocycles. The highest BCUT2D eigenvalue weighted by atomic mass is 35.5. The van der Waals surface area contributed by atoms with Crippen molar-refractivity contribution < 1.29 is 4.79 Å². The number of nitrogens with zero attached hydrogens (tertiary/aromatic N) is 4. The van der Waals surface area contributed by atoms with E-state index < -0.39 is 5.92 Å². The minimum Gasteiger partial charge on any atom is -0.311 e. The Morgan fingerprint density at radius 2 is 2.06 bits per heavy atom. The predicted octanol–water partition coefficient (Wildman–Crippen LogP) is 3.75. The molecular formula is C24H27ClN6O. The van der Waals surface area contributed by atoms with E-state index in [4.69, 9.17) is 11.6 Å². The van der Waals surface area contributed by atoms with Crippen LogP contribution < -0.4 is 10.7 Å². The third-order valence-corrected chi connectivity index (χ3v) is 7.24. The molecular weight excluding hydrogens is 424 g/mol. The molecule has 1 amide bonds. The monoisotopic (exact) mass is 450 g/mol. The maximum Gasteiger partial charge on any atom is 0.262 e. The summed E-state index contributed by atoms with van der Waals surface area (Å²) < 4.78 is 0. The van der Waals surface area contributed by atoms with Crippen molar-refractivity contribution in [2.45, 2.75) is 57.2 Å². The van der Waals surface area contributed by atoms with Crippen molar-refractivity contribution in [3.8, 4) is 6.07 Å². The van der Waals surface area contributed by atoms with E-state index in [2.05, 4.69) is 33.7 Å². The number of benzene rings is 1. The fourth-order valence-corrected chi connectivity index (χ4v) is 5.22. The van der Waals surface area contributed by atoms with Gasteiger partial charge in [-0.25, -0.2) is 9.98 Å². The largest absolute Gasteiger partial charge is 0.311 e. The van der Waals surface area contributed by atoms with Crippen molar-refractivity contribution in [2.75, 3.05) is 0 Å². The van der Waals surface area contributed by atoms with Crippen LogP contribution >= 0.6 is 11.6 Å². The Hall–Kier alpha value is -2.69. The molecule has 166 valence electrons. The third-order valence-electron chi connectivity index (χ3n) is 6.99. The highest BCUT2D eigenvalue weighted by Crippen LogP contribution is 2.38. The smallest absolute Gasteiger partial charge is 0.262 e. The van der Waals surface area contributed by atoms with E-state index in [0.717, 1.165) is 30.9 Å². The zero-order chi connectivity index (χ0) is 22.2. The SMILES string of the molecule is C[C@H](N[C@H]1CC[C@@H](N2NC(=Nc3ccc(Cl)cc3)C3C(=O)N=CC=C32)[C@H](C#N)C1)C1CC1. The van der Waals surface area contributed by atoms with Gasteiger partial charge in [0, 0.05) is 23.3 Å². The lowest BCUT2D eigenvalue weighted by Crippen LogP contribution is -2.51. The maximum atomic E-state index is 12.7. The number of hydrogen-bond acceptors (Lipinski definition) is 5. The predicted molar refractivity (Wildman–Crippen MR) is 124 cm³/mol. The van der Waals surface area contributed by atoms with E-state index in [1.54, 1.807) is 18.3 Å². The quantitative estimate of drug-likeness (QED) is 0.712. The van der Waals surface area contributed by atoms with Crippen molar-refractivity contribution in [1.82, 2.24) is 15.8 Å². The van der Waals surface area contributed by atoms with E-state index >= 15 is 0 Å². The normalized spacial score (nSPS) is 31.7. The number of amidine groups is 1. The van der Waals surface area contributed by atoms with Gasteiger partial charge in [0.1, 0.15) is 11.8 Å².